The normalized spacial score (nSPS) is 12.4. The van der Waals surface area contributed by atoms with Crippen LogP contribution in [0.4, 0.5) is 5.69 Å². The van der Waals surface area contributed by atoms with E-state index >= 15 is 0 Å². The van der Waals surface area contributed by atoms with Crippen molar-refractivity contribution in [3.05, 3.63) is 24.0 Å². The lowest BCUT2D eigenvalue weighted by Crippen LogP contribution is -2.36. The number of rotatable bonds is 9. The first-order valence-corrected chi connectivity index (χ1v) is 7.13. The maximum absolute atomic E-state index is 5.23. The van der Waals surface area contributed by atoms with Gasteiger partial charge in [0.25, 0.3) is 0 Å². The lowest BCUT2D eigenvalue weighted by atomic mass is 10.1. The van der Waals surface area contributed by atoms with Gasteiger partial charge in [0.05, 0.1) is 18.5 Å². The van der Waals surface area contributed by atoms with Gasteiger partial charge in [-0.25, -0.2) is 0 Å². The Kier molecular flexibility index (Phi) is 7.45. The molecule has 0 aliphatic carbocycles. The molecule has 19 heavy (non-hydrogen) atoms. The molecule has 1 atom stereocenters. The fourth-order valence-electron chi connectivity index (χ4n) is 2.07. The first-order valence-electron chi connectivity index (χ1n) is 7.13. The van der Waals surface area contributed by atoms with Gasteiger partial charge in [-0.3, -0.25) is 4.98 Å². The zero-order chi connectivity index (χ0) is 14.1. The van der Waals surface area contributed by atoms with E-state index in [1.807, 2.05) is 12.4 Å². The number of methoxy groups -OCH3 is 1. The van der Waals surface area contributed by atoms with Crippen LogP contribution in [0.25, 0.3) is 0 Å². The molecular weight excluding hydrogens is 238 g/mol. The molecule has 0 spiro atoms. The molecule has 1 unspecified atom stereocenters. The van der Waals surface area contributed by atoms with E-state index in [4.69, 9.17) is 4.74 Å². The Morgan fingerprint density at radius 3 is 2.84 bits per heavy atom. The molecule has 0 saturated heterocycles. The number of ether oxygens (including phenoxy) is 1. The van der Waals surface area contributed by atoms with Gasteiger partial charge in [0.15, 0.2) is 0 Å². The number of anilines is 1. The van der Waals surface area contributed by atoms with E-state index in [-0.39, 0.29) is 0 Å². The third-order valence-corrected chi connectivity index (χ3v) is 3.42. The molecule has 0 amide bonds. The van der Waals surface area contributed by atoms with Crippen LogP contribution in [0.5, 0.6) is 0 Å². The minimum Gasteiger partial charge on any atom is -0.383 e. The number of hydrogen-bond acceptors (Lipinski definition) is 4. The predicted octanol–water partition coefficient (Wildman–Crippen LogP) is 2.44. The van der Waals surface area contributed by atoms with Crippen molar-refractivity contribution in [2.75, 3.05) is 31.7 Å². The Balaban J connectivity index is 2.92. The number of nitrogens with one attached hydrogen (secondary N) is 1. The Morgan fingerprint density at radius 1 is 1.42 bits per heavy atom. The van der Waals surface area contributed by atoms with Gasteiger partial charge >= 0.3 is 0 Å². The molecule has 1 rings (SSSR count). The number of pyridine rings is 1. The average molecular weight is 265 g/mol. The highest BCUT2D eigenvalue weighted by Crippen LogP contribution is 2.22. The highest BCUT2D eigenvalue weighted by Gasteiger charge is 2.16. The number of nitrogens with zero attached hydrogens (tertiary/aromatic N) is 2. The zero-order valence-corrected chi connectivity index (χ0v) is 12.6. The van der Waals surface area contributed by atoms with Crippen LogP contribution in [0.3, 0.4) is 0 Å². The summed E-state index contributed by atoms with van der Waals surface area (Å²) in [6, 6.07) is 2.58. The average Bonchev–Trinajstić information content (AvgIpc) is 2.46. The first-order chi connectivity index (χ1) is 9.24. The third kappa shape index (κ3) is 4.80. The van der Waals surface area contributed by atoms with Crippen LogP contribution in [-0.2, 0) is 11.3 Å². The Labute approximate surface area is 117 Å². The van der Waals surface area contributed by atoms with E-state index in [1.54, 1.807) is 7.11 Å². The summed E-state index contributed by atoms with van der Waals surface area (Å²) in [7, 11) is 1.75. The van der Waals surface area contributed by atoms with Crippen LogP contribution in [-0.4, -0.2) is 37.8 Å². The van der Waals surface area contributed by atoms with E-state index in [0.29, 0.717) is 6.04 Å². The summed E-state index contributed by atoms with van der Waals surface area (Å²) in [4.78, 5) is 6.68. The van der Waals surface area contributed by atoms with E-state index in [1.165, 1.54) is 11.3 Å². The zero-order valence-electron chi connectivity index (χ0n) is 12.6. The lowest BCUT2D eigenvalue weighted by molar-refractivity contribution is 0.203. The molecule has 0 aliphatic rings. The van der Waals surface area contributed by atoms with E-state index in [0.717, 1.165) is 32.7 Å². The predicted molar refractivity (Wildman–Crippen MR) is 80.6 cm³/mol. The fourth-order valence-corrected chi connectivity index (χ4v) is 2.07. The lowest BCUT2D eigenvalue weighted by Gasteiger charge is -2.32. The van der Waals surface area contributed by atoms with Crippen LogP contribution < -0.4 is 10.2 Å². The van der Waals surface area contributed by atoms with Gasteiger partial charge in [-0.2, -0.15) is 0 Å². The smallest absolute Gasteiger partial charge is 0.0637 e. The molecule has 0 aromatic carbocycles. The molecule has 0 aliphatic heterocycles. The van der Waals surface area contributed by atoms with Gasteiger partial charge in [-0.05, 0) is 31.5 Å². The van der Waals surface area contributed by atoms with E-state index in [9.17, 15) is 0 Å². The van der Waals surface area contributed by atoms with Crippen molar-refractivity contribution in [2.45, 2.75) is 39.8 Å². The SMILES string of the molecule is CCNCc1ccncc1N(CCOC)C(C)CC. The Morgan fingerprint density at radius 2 is 2.21 bits per heavy atom. The van der Waals surface area contributed by atoms with Gasteiger partial charge in [0.1, 0.15) is 0 Å². The van der Waals surface area contributed by atoms with Crippen molar-refractivity contribution in [2.24, 2.45) is 0 Å². The van der Waals surface area contributed by atoms with Gasteiger partial charge < -0.3 is 15.0 Å². The summed E-state index contributed by atoms with van der Waals surface area (Å²) in [5.74, 6) is 0. The monoisotopic (exact) mass is 265 g/mol. The van der Waals surface area contributed by atoms with Crippen molar-refractivity contribution in [1.29, 1.82) is 0 Å². The second-order valence-corrected chi connectivity index (χ2v) is 4.73. The molecule has 4 heteroatoms. The van der Waals surface area contributed by atoms with Crippen molar-refractivity contribution in [3.8, 4) is 0 Å². The summed E-state index contributed by atoms with van der Waals surface area (Å²) in [5, 5.41) is 3.39. The van der Waals surface area contributed by atoms with Crippen LogP contribution in [0, 0.1) is 0 Å². The molecule has 1 aromatic heterocycles. The molecule has 1 N–H and O–H groups in total. The highest BCUT2D eigenvalue weighted by molar-refractivity contribution is 5.52. The second kappa shape index (κ2) is 8.88. The number of hydrogen-bond donors (Lipinski definition) is 1. The van der Waals surface area contributed by atoms with Gasteiger partial charge in [-0.1, -0.05) is 13.8 Å². The largest absolute Gasteiger partial charge is 0.383 e. The topological polar surface area (TPSA) is 37.4 Å². The van der Waals surface area contributed by atoms with Gasteiger partial charge in [-0.15, -0.1) is 0 Å². The van der Waals surface area contributed by atoms with E-state index in [2.05, 4.69) is 42.0 Å². The Hall–Kier alpha value is -1.13. The second-order valence-electron chi connectivity index (χ2n) is 4.73. The molecule has 4 nitrogen and oxygen atoms in total. The van der Waals surface area contributed by atoms with Crippen LogP contribution in [0.2, 0.25) is 0 Å². The molecule has 108 valence electrons. The molecule has 0 radical (unpaired) electrons. The number of aromatic nitrogens is 1. The fraction of sp³-hybridized carbons (Fsp3) is 0.667. The standard InChI is InChI=1S/C15H27N3O/c1-5-13(3)18(9-10-19-4)15-12-17-8-7-14(15)11-16-6-2/h7-8,12-13,16H,5-6,9-11H2,1-4H3. The van der Waals surface area contributed by atoms with Gasteiger partial charge in [0, 0.05) is 32.4 Å². The van der Waals surface area contributed by atoms with Crippen LogP contribution in [0.15, 0.2) is 18.5 Å². The summed E-state index contributed by atoms with van der Waals surface area (Å²) < 4.78 is 5.23. The summed E-state index contributed by atoms with van der Waals surface area (Å²) in [5.41, 5.74) is 2.52. The molecule has 0 fully saturated rings. The van der Waals surface area contributed by atoms with Crippen molar-refractivity contribution in [3.63, 3.8) is 0 Å². The maximum Gasteiger partial charge on any atom is 0.0637 e. The highest BCUT2D eigenvalue weighted by atomic mass is 16.5. The first kappa shape index (κ1) is 15.9. The summed E-state index contributed by atoms with van der Waals surface area (Å²) >= 11 is 0. The quantitative estimate of drug-likeness (QED) is 0.744. The van der Waals surface area contributed by atoms with Crippen molar-refractivity contribution in [1.82, 2.24) is 10.3 Å². The molecule has 0 saturated carbocycles. The minimum absolute atomic E-state index is 0.486. The third-order valence-electron chi connectivity index (χ3n) is 3.42. The minimum atomic E-state index is 0.486. The van der Waals surface area contributed by atoms with Crippen molar-refractivity contribution >= 4 is 5.69 Å². The summed E-state index contributed by atoms with van der Waals surface area (Å²) in [6.45, 7) is 10.1. The molecule has 0 bridgehead atoms. The summed E-state index contributed by atoms with van der Waals surface area (Å²) in [6.07, 6.45) is 4.94. The van der Waals surface area contributed by atoms with Crippen molar-refractivity contribution < 1.29 is 4.74 Å². The molecule has 1 aromatic rings. The molecule has 1 heterocycles. The van der Waals surface area contributed by atoms with Crippen LogP contribution in [0.1, 0.15) is 32.8 Å². The Bertz CT molecular complexity index is 357. The van der Waals surface area contributed by atoms with E-state index < -0.39 is 0 Å². The van der Waals surface area contributed by atoms with Gasteiger partial charge in [0.2, 0.25) is 0 Å². The van der Waals surface area contributed by atoms with Crippen LogP contribution >= 0.6 is 0 Å². The molecular formula is C15H27N3O. The maximum atomic E-state index is 5.23.